The molecule has 1 aromatic heterocycles. The Morgan fingerprint density at radius 1 is 1.25 bits per heavy atom. The highest BCUT2D eigenvalue weighted by molar-refractivity contribution is 7.89. The van der Waals surface area contributed by atoms with E-state index < -0.39 is 10.0 Å². The molecule has 0 unspecified atom stereocenters. The van der Waals surface area contributed by atoms with Gasteiger partial charge in [0.15, 0.2) is 0 Å². The molecule has 116 valence electrons. The van der Waals surface area contributed by atoms with E-state index in [-0.39, 0.29) is 10.9 Å². The fourth-order valence-corrected chi connectivity index (χ4v) is 3.20. The average Bonchev–Trinajstić information content (AvgIpc) is 2.90. The number of nitrogens with zero attached hydrogens (tertiary/aromatic N) is 2. The number of rotatable bonds is 10. The van der Waals surface area contributed by atoms with E-state index in [0.29, 0.717) is 6.54 Å². The van der Waals surface area contributed by atoms with E-state index in [1.807, 2.05) is 13.8 Å². The van der Waals surface area contributed by atoms with Crippen LogP contribution in [0.25, 0.3) is 0 Å². The molecule has 0 amide bonds. The molecule has 0 bridgehead atoms. The van der Waals surface area contributed by atoms with E-state index in [1.54, 1.807) is 10.9 Å². The van der Waals surface area contributed by atoms with Crippen molar-refractivity contribution in [1.29, 1.82) is 0 Å². The van der Waals surface area contributed by atoms with Crippen LogP contribution in [0.3, 0.4) is 0 Å². The van der Waals surface area contributed by atoms with E-state index in [2.05, 4.69) is 22.1 Å². The number of aromatic nitrogens is 2. The lowest BCUT2D eigenvalue weighted by molar-refractivity contribution is 0.529. The van der Waals surface area contributed by atoms with E-state index in [9.17, 15) is 8.42 Å². The number of sulfonamides is 1. The molecule has 1 rings (SSSR count). The van der Waals surface area contributed by atoms with Gasteiger partial charge in [-0.3, -0.25) is 4.68 Å². The molecule has 0 aliphatic rings. The summed E-state index contributed by atoms with van der Waals surface area (Å²) >= 11 is 0. The highest BCUT2D eigenvalue weighted by Crippen LogP contribution is 2.09. The maximum atomic E-state index is 12.2. The molecule has 0 spiro atoms. The van der Waals surface area contributed by atoms with Gasteiger partial charge in [0.1, 0.15) is 4.90 Å². The summed E-state index contributed by atoms with van der Waals surface area (Å²) in [5.41, 5.74) is 0. The van der Waals surface area contributed by atoms with Crippen LogP contribution in [0.1, 0.15) is 40.0 Å². The predicted octanol–water partition coefficient (Wildman–Crippen LogP) is 1.35. The second-order valence-corrected chi connectivity index (χ2v) is 6.54. The Labute approximate surface area is 122 Å². The molecule has 0 aliphatic heterocycles. The summed E-state index contributed by atoms with van der Waals surface area (Å²) in [6.07, 6.45) is 5.64. The summed E-state index contributed by atoms with van der Waals surface area (Å²) < 4.78 is 28.7. The average molecular weight is 302 g/mol. The SMILES string of the molecule is CCCNCCn1cc(S(=O)(=O)NC(CC)CC)cn1. The maximum absolute atomic E-state index is 12.2. The van der Waals surface area contributed by atoms with Crippen molar-refractivity contribution >= 4 is 10.0 Å². The standard InChI is InChI=1S/C13H26N4O2S/c1-4-7-14-8-9-17-11-13(10-15-17)20(18,19)16-12(5-2)6-3/h10-12,14,16H,4-9H2,1-3H3. The van der Waals surface area contributed by atoms with E-state index in [0.717, 1.165) is 32.4 Å². The predicted molar refractivity (Wildman–Crippen MR) is 80.1 cm³/mol. The van der Waals surface area contributed by atoms with Gasteiger partial charge >= 0.3 is 0 Å². The van der Waals surface area contributed by atoms with Crippen LogP contribution in [-0.4, -0.2) is 37.3 Å². The minimum atomic E-state index is -3.45. The molecule has 0 atom stereocenters. The Kier molecular flexibility index (Phi) is 7.18. The highest BCUT2D eigenvalue weighted by Gasteiger charge is 2.19. The smallest absolute Gasteiger partial charge is 0.243 e. The fraction of sp³-hybridized carbons (Fsp3) is 0.769. The van der Waals surface area contributed by atoms with Gasteiger partial charge in [0, 0.05) is 18.8 Å². The molecule has 0 saturated heterocycles. The van der Waals surface area contributed by atoms with Crippen LogP contribution in [0.2, 0.25) is 0 Å². The molecule has 7 heteroatoms. The third-order valence-electron chi connectivity index (χ3n) is 3.17. The van der Waals surface area contributed by atoms with Crippen LogP contribution in [0, 0.1) is 0 Å². The Balaban J connectivity index is 2.61. The first kappa shape index (κ1) is 17.1. The van der Waals surface area contributed by atoms with Crippen molar-refractivity contribution in [2.45, 2.75) is 57.5 Å². The Morgan fingerprint density at radius 2 is 1.95 bits per heavy atom. The van der Waals surface area contributed by atoms with Crippen LogP contribution < -0.4 is 10.0 Å². The van der Waals surface area contributed by atoms with Crippen molar-refractivity contribution in [2.75, 3.05) is 13.1 Å². The molecular weight excluding hydrogens is 276 g/mol. The summed E-state index contributed by atoms with van der Waals surface area (Å²) in [6, 6.07) is -0.0189. The zero-order valence-corrected chi connectivity index (χ0v) is 13.4. The molecule has 0 aliphatic carbocycles. The summed E-state index contributed by atoms with van der Waals surface area (Å²) in [7, 11) is -3.45. The molecule has 0 radical (unpaired) electrons. The lowest BCUT2D eigenvalue weighted by Gasteiger charge is -2.13. The van der Waals surface area contributed by atoms with Gasteiger partial charge in [0.2, 0.25) is 10.0 Å². The van der Waals surface area contributed by atoms with Gasteiger partial charge in [-0.25, -0.2) is 13.1 Å². The van der Waals surface area contributed by atoms with Crippen molar-refractivity contribution in [3.63, 3.8) is 0 Å². The minimum Gasteiger partial charge on any atom is -0.315 e. The summed E-state index contributed by atoms with van der Waals surface area (Å²) in [6.45, 7) is 8.46. The Hall–Kier alpha value is -0.920. The number of nitrogens with one attached hydrogen (secondary N) is 2. The normalized spacial score (nSPS) is 12.2. The van der Waals surface area contributed by atoms with Gasteiger partial charge in [-0.15, -0.1) is 0 Å². The fourth-order valence-electron chi connectivity index (χ4n) is 1.84. The second kappa shape index (κ2) is 8.39. The molecule has 0 aromatic carbocycles. The molecule has 0 fully saturated rings. The first-order valence-corrected chi connectivity index (χ1v) is 8.77. The zero-order valence-electron chi connectivity index (χ0n) is 12.6. The van der Waals surface area contributed by atoms with E-state index in [1.165, 1.54) is 6.20 Å². The van der Waals surface area contributed by atoms with Crippen molar-refractivity contribution in [3.8, 4) is 0 Å². The summed E-state index contributed by atoms with van der Waals surface area (Å²) in [4.78, 5) is 0.236. The van der Waals surface area contributed by atoms with Crippen molar-refractivity contribution in [1.82, 2.24) is 19.8 Å². The van der Waals surface area contributed by atoms with Crippen molar-refractivity contribution in [3.05, 3.63) is 12.4 Å². The van der Waals surface area contributed by atoms with Gasteiger partial charge in [-0.2, -0.15) is 5.10 Å². The Morgan fingerprint density at radius 3 is 2.55 bits per heavy atom. The molecular formula is C13H26N4O2S. The summed E-state index contributed by atoms with van der Waals surface area (Å²) in [5, 5.41) is 7.35. The van der Waals surface area contributed by atoms with Gasteiger partial charge in [0.25, 0.3) is 0 Å². The van der Waals surface area contributed by atoms with Crippen molar-refractivity contribution in [2.24, 2.45) is 0 Å². The molecule has 1 aromatic rings. The van der Waals surface area contributed by atoms with Crippen LogP contribution >= 0.6 is 0 Å². The topological polar surface area (TPSA) is 76.0 Å². The van der Waals surface area contributed by atoms with Gasteiger partial charge in [-0.1, -0.05) is 20.8 Å². The van der Waals surface area contributed by atoms with E-state index >= 15 is 0 Å². The van der Waals surface area contributed by atoms with Crippen LogP contribution in [-0.2, 0) is 16.6 Å². The quantitative estimate of drug-likeness (QED) is 0.640. The molecule has 20 heavy (non-hydrogen) atoms. The Bertz CT molecular complexity index is 480. The lowest BCUT2D eigenvalue weighted by Crippen LogP contribution is -2.33. The number of hydrogen-bond donors (Lipinski definition) is 2. The maximum Gasteiger partial charge on any atom is 0.243 e. The largest absolute Gasteiger partial charge is 0.315 e. The monoisotopic (exact) mass is 302 g/mol. The zero-order chi connectivity index (χ0) is 15.0. The summed E-state index contributed by atoms with van der Waals surface area (Å²) in [5.74, 6) is 0. The van der Waals surface area contributed by atoms with Gasteiger partial charge < -0.3 is 5.32 Å². The third-order valence-corrected chi connectivity index (χ3v) is 4.65. The minimum absolute atomic E-state index is 0.0189. The number of hydrogen-bond acceptors (Lipinski definition) is 4. The van der Waals surface area contributed by atoms with Crippen LogP contribution in [0.15, 0.2) is 17.3 Å². The van der Waals surface area contributed by atoms with Gasteiger partial charge in [-0.05, 0) is 25.8 Å². The second-order valence-electron chi connectivity index (χ2n) is 4.82. The lowest BCUT2D eigenvalue weighted by atomic mass is 10.2. The van der Waals surface area contributed by atoms with E-state index in [4.69, 9.17) is 0 Å². The van der Waals surface area contributed by atoms with Crippen LogP contribution in [0.5, 0.6) is 0 Å². The first-order chi connectivity index (χ1) is 9.53. The van der Waals surface area contributed by atoms with Crippen LogP contribution in [0.4, 0.5) is 0 Å². The molecule has 0 saturated carbocycles. The molecule has 6 nitrogen and oxygen atoms in total. The first-order valence-electron chi connectivity index (χ1n) is 7.29. The third kappa shape index (κ3) is 5.22. The molecule has 1 heterocycles. The molecule has 2 N–H and O–H groups in total. The van der Waals surface area contributed by atoms with Gasteiger partial charge in [0.05, 0.1) is 12.7 Å². The van der Waals surface area contributed by atoms with Crippen molar-refractivity contribution < 1.29 is 8.42 Å². The highest BCUT2D eigenvalue weighted by atomic mass is 32.2.